The zero-order valence-corrected chi connectivity index (χ0v) is 31.1. The number of nitrogens with one attached hydrogen (secondary N) is 2. The molecule has 0 bridgehead atoms. The van der Waals surface area contributed by atoms with Crippen molar-refractivity contribution in [3.05, 3.63) is 99.2 Å². The van der Waals surface area contributed by atoms with E-state index in [9.17, 15) is 23.6 Å². The van der Waals surface area contributed by atoms with Gasteiger partial charge in [-0.3, -0.25) is 19.8 Å². The minimum atomic E-state index is -0.737. The van der Waals surface area contributed by atoms with Gasteiger partial charge in [-0.25, -0.2) is 9.18 Å². The molecule has 2 aromatic rings. The molecule has 0 aliphatic heterocycles. The number of hydrogen-bond donors (Lipinski definition) is 2. The number of allylic oxidation sites excluding steroid dienone is 2. The van der Waals surface area contributed by atoms with Crippen LogP contribution in [0.15, 0.2) is 66.8 Å². The zero-order valence-electron chi connectivity index (χ0n) is 30.3. The van der Waals surface area contributed by atoms with Crippen LogP contribution in [0, 0.1) is 17.1 Å². The molecule has 0 aliphatic carbocycles. The third-order valence-electron chi connectivity index (χ3n) is 7.88. The van der Waals surface area contributed by atoms with Crippen LogP contribution in [0.25, 0.3) is 18.2 Å². The van der Waals surface area contributed by atoms with Crippen LogP contribution in [-0.4, -0.2) is 48.1 Å². The zero-order chi connectivity index (χ0) is 38.1. The minimum Gasteiger partial charge on any atom is -0.465 e. The molecule has 0 heterocycles. The summed E-state index contributed by atoms with van der Waals surface area (Å²) in [6, 6.07) is 10.0. The van der Waals surface area contributed by atoms with Crippen molar-refractivity contribution in [2.75, 3.05) is 13.2 Å². The van der Waals surface area contributed by atoms with Gasteiger partial charge in [-0.2, -0.15) is 0 Å². The van der Waals surface area contributed by atoms with Gasteiger partial charge in [-0.15, -0.1) is 0 Å². The number of carbonyl (C=O) groups is 4. The van der Waals surface area contributed by atoms with Gasteiger partial charge in [-0.05, 0) is 93.7 Å². The molecule has 0 aliphatic rings. The first-order valence-electron chi connectivity index (χ1n) is 17.0. The third-order valence-corrected chi connectivity index (χ3v) is 8.34. The van der Waals surface area contributed by atoms with Crippen molar-refractivity contribution in [3.63, 3.8) is 0 Å². The number of aryl methyl sites for hydroxylation is 1. The summed E-state index contributed by atoms with van der Waals surface area (Å²) in [5.41, 5.74) is 1.93. The monoisotopic (exact) mass is 720 g/mol. The Hall–Kier alpha value is -4.63. The summed E-state index contributed by atoms with van der Waals surface area (Å²) in [5.74, 6) is -2.46. The summed E-state index contributed by atoms with van der Waals surface area (Å²) in [5, 5.41) is 12.7. The molecule has 1 unspecified atom stereocenters. The van der Waals surface area contributed by atoms with Gasteiger partial charge in [0.2, 0.25) is 5.91 Å². The fraction of sp³-hybridized carbons (Fsp3) is 0.390. The summed E-state index contributed by atoms with van der Waals surface area (Å²) >= 11 is 6.45. The Labute approximate surface area is 305 Å². The van der Waals surface area contributed by atoms with Crippen molar-refractivity contribution < 1.29 is 33.0 Å². The summed E-state index contributed by atoms with van der Waals surface area (Å²) in [6.45, 7) is 16.5. The molecular weight excluding hydrogens is 671 g/mol. The number of ether oxygens (including phenoxy) is 2. The van der Waals surface area contributed by atoms with E-state index in [1.54, 1.807) is 45.9 Å². The summed E-state index contributed by atoms with van der Waals surface area (Å²) in [4.78, 5) is 50.5. The van der Waals surface area contributed by atoms with Gasteiger partial charge in [0.25, 0.3) is 0 Å². The molecule has 2 aromatic carbocycles. The Bertz CT molecular complexity index is 1770. The lowest BCUT2D eigenvalue weighted by Gasteiger charge is -2.19. The van der Waals surface area contributed by atoms with E-state index in [2.05, 4.69) is 18.5 Å². The van der Waals surface area contributed by atoms with Crippen LogP contribution >= 0.6 is 11.6 Å². The van der Waals surface area contributed by atoms with Gasteiger partial charge in [0, 0.05) is 38.1 Å². The van der Waals surface area contributed by atoms with E-state index in [4.69, 9.17) is 26.5 Å². The minimum absolute atomic E-state index is 0.00873. The van der Waals surface area contributed by atoms with Crippen LogP contribution in [-0.2, 0) is 35.1 Å². The van der Waals surface area contributed by atoms with E-state index < -0.39 is 23.5 Å². The van der Waals surface area contributed by atoms with Crippen molar-refractivity contribution >= 4 is 59.2 Å². The molecule has 274 valence electrons. The molecule has 51 heavy (non-hydrogen) atoms. The number of benzene rings is 2. The quantitative estimate of drug-likeness (QED) is 0.0916. The largest absolute Gasteiger partial charge is 0.465 e. The van der Waals surface area contributed by atoms with Crippen molar-refractivity contribution in [3.8, 4) is 0 Å². The van der Waals surface area contributed by atoms with Gasteiger partial charge in [0.1, 0.15) is 17.1 Å². The maximum Gasteiger partial charge on any atom is 0.352 e. The Balaban J connectivity index is 2.05. The van der Waals surface area contributed by atoms with E-state index in [1.165, 1.54) is 18.2 Å². The van der Waals surface area contributed by atoms with Gasteiger partial charge in [0.05, 0.1) is 11.6 Å². The fourth-order valence-corrected chi connectivity index (χ4v) is 5.31. The standard InChI is InChI=1S/C41H50ClFN2O6/c1-8-29-14-17-34(43)25-33(29)23-27(3)13-20-38(48)50-26-32(16-19-37(47)45-22-21-36(44)40(49)51-41(5,6)7)28(4)24-35(46)18-15-31-12-10-11-30(9-2)39(31)42/h8-12,14,17,23-25,32,44H,2-3,13,15-16,18-22,26H2,1,4-7H3,(H,45,47)/b28-24+,29-8-,33-23-,44-36?. The van der Waals surface area contributed by atoms with Crippen LogP contribution < -0.4 is 15.8 Å². The van der Waals surface area contributed by atoms with Crippen LogP contribution in [0.4, 0.5) is 4.39 Å². The first kappa shape index (κ1) is 42.5. The van der Waals surface area contributed by atoms with E-state index in [0.29, 0.717) is 34.2 Å². The highest BCUT2D eigenvalue weighted by atomic mass is 35.5. The second-order valence-electron chi connectivity index (χ2n) is 13.2. The van der Waals surface area contributed by atoms with Gasteiger partial charge < -0.3 is 14.8 Å². The second kappa shape index (κ2) is 20.9. The maximum absolute atomic E-state index is 13.8. The van der Waals surface area contributed by atoms with Crippen LogP contribution in [0.5, 0.6) is 0 Å². The van der Waals surface area contributed by atoms with Gasteiger partial charge >= 0.3 is 11.9 Å². The molecule has 0 radical (unpaired) electrons. The average molecular weight is 721 g/mol. The van der Waals surface area contributed by atoms with E-state index in [-0.39, 0.29) is 68.5 Å². The predicted octanol–water partition coefficient (Wildman–Crippen LogP) is 6.99. The molecule has 10 heteroatoms. The Morgan fingerprint density at radius 2 is 1.76 bits per heavy atom. The highest BCUT2D eigenvalue weighted by molar-refractivity contribution is 6.35. The second-order valence-corrected chi connectivity index (χ2v) is 13.6. The number of amides is 1. The molecule has 8 nitrogen and oxygen atoms in total. The lowest BCUT2D eigenvalue weighted by Crippen LogP contribution is -2.32. The summed E-state index contributed by atoms with van der Waals surface area (Å²) in [6.07, 6.45) is 8.09. The number of ketones is 1. The summed E-state index contributed by atoms with van der Waals surface area (Å²) in [7, 11) is 0. The molecular formula is C41H50ClFN2O6. The molecule has 0 saturated carbocycles. The molecule has 0 saturated heterocycles. The first-order valence-corrected chi connectivity index (χ1v) is 17.4. The summed E-state index contributed by atoms with van der Waals surface area (Å²) < 4.78 is 24.6. The van der Waals surface area contributed by atoms with Crippen LogP contribution in [0.1, 0.15) is 84.3 Å². The van der Waals surface area contributed by atoms with Crippen LogP contribution in [0.3, 0.4) is 0 Å². The maximum atomic E-state index is 13.8. The Morgan fingerprint density at radius 3 is 2.43 bits per heavy atom. The number of rotatable bonds is 19. The van der Waals surface area contributed by atoms with Crippen LogP contribution in [0.2, 0.25) is 5.02 Å². The highest BCUT2D eigenvalue weighted by Gasteiger charge is 2.21. The first-order chi connectivity index (χ1) is 24.0. The van der Waals surface area contributed by atoms with Crippen molar-refractivity contribution in [1.82, 2.24) is 5.32 Å². The Kier molecular flexibility index (Phi) is 17.4. The lowest BCUT2D eigenvalue weighted by molar-refractivity contribution is -0.146. The van der Waals surface area contributed by atoms with Crippen molar-refractivity contribution in [1.29, 1.82) is 5.41 Å². The lowest BCUT2D eigenvalue weighted by atomic mass is 9.93. The molecule has 1 atom stereocenters. The number of esters is 2. The highest BCUT2D eigenvalue weighted by Crippen LogP contribution is 2.24. The molecule has 2 rings (SSSR count). The topological polar surface area (TPSA) is 123 Å². The normalized spacial score (nSPS) is 13.0. The number of carbonyl (C=O) groups excluding carboxylic acids is 4. The van der Waals surface area contributed by atoms with E-state index >= 15 is 0 Å². The SMILES string of the molecule is C=Cc1cccc(CCC(=O)/C=C(\C)C(CCC(=O)NCCC(=N)C(=O)OC(C)(C)C)COC(=O)CCC(=C)/C=c2/cc(F)cc/c2=C/C)c1Cl. The smallest absolute Gasteiger partial charge is 0.352 e. The average Bonchev–Trinajstić information content (AvgIpc) is 3.06. The van der Waals surface area contributed by atoms with Crippen molar-refractivity contribution in [2.24, 2.45) is 5.92 Å². The molecule has 0 aromatic heterocycles. The van der Waals surface area contributed by atoms with Gasteiger partial charge in [0.15, 0.2) is 5.78 Å². The van der Waals surface area contributed by atoms with E-state index in [0.717, 1.165) is 16.3 Å². The Morgan fingerprint density at radius 1 is 1.04 bits per heavy atom. The third kappa shape index (κ3) is 15.9. The number of halogens is 2. The fourth-order valence-electron chi connectivity index (χ4n) is 5.01. The molecule has 0 spiro atoms. The van der Waals surface area contributed by atoms with E-state index in [1.807, 2.05) is 31.2 Å². The predicted molar refractivity (Wildman–Crippen MR) is 202 cm³/mol. The molecule has 1 amide bonds. The van der Waals surface area contributed by atoms with Crippen molar-refractivity contribution in [2.45, 2.75) is 85.2 Å². The molecule has 2 N–H and O–H groups in total. The number of hydrogen-bond acceptors (Lipinski definition) is 7. The van der Waals surface area contributed by atoms with Gasteiger partial charge in [-0.1, -0.05) is 78.4 Å². The molecule has 0 fully saturated rings.